The molecule has 0 amide bonds. The summed E-state index contributed by atoms with van der Waals surface area (Å²) in [6.07, 6.45) is -2.50. The average Bonchev–Trinajstić information content (AvgIpc) is 2.98. The van der Waals surface area contributed by atoms with E-state index in [0.717, 1.165) is 5.56 Å². The highest BCUT2D eigenvalue weighted by molar-refractivity contribution is 6.35. The number of hydrogen-bond acceptors (Lipinski definition) is 5. The van der Waals surface area contributed by atoms with Crippen LogP contribution in [-0.2, 0) is 37.0 Å². The monoisotopic (exact) mass is 478 g/mol. The number of Topliss-reactive ketones (excluding diaryl/α,β-unsaturated/α-hetero) is 1. The van der Waals surface area contributed by atoms with Gasteiger partial charge in [-0.05, 0) is 35.4 Å². The summed E-state index contributed by atoms with van der Waals surface area (Å²) in [5, 5.41) is 2.02. The molecule has 156 valence electrons. The number of halogens is 4. The molecular formula is C20H18Cl4O5. The molecule has 1 aliphatic heterocycles. The van der Waals surface area contributed by atoms with Crippen LogP contribution in [0.2, 0.25) is 20.1 Å². The summed E-state index contributed by atoms with van der Waals surface area (Å²) in [5.41, 5.74) is 1.48. The Hall–Kier alpha value is -0.890. The lowest BCUT2D eigenvalue weighted by molar-refractivity contribution is -0.154. The smallest absolute Gasteiger partial charge is 0.220 e. The number of hydrogen-bond donors (Lipinski definition) is 0. The van der Waals surface area contributed by atoms with Crippen LogP contribution in [0.15, 0.2) is 36.4 Å². The summed E-state index contributed by atoms with van der Waals surface area (Å²) in [7, 11) is 1.40. The molecule has 29 heavy (non-hydrogen) atoms. The Bertz CT molecular complexity index is 876. The molecule has 5 nitrogen and oxygen atoms in total. The first-order chi connectivity index (χ1) is 13.9. The molecule has 0 saturated carbocycles. The van der Waals surface area contributed by atoms with Crippen LogP contribution in [0, 0.1) is 0 Å². The number of ketones is 1. The zero-order valence-corrected chi connectivity index (χ0v) is 18.4. The Morgan fingerprint density at radius 3 is 2.07 bits per heavy atom. The van der Waals surface area contributed by atoms with Gasteiger partial charge in [0.2, 0.25) is 12.1 Å². The lowest BCUT2D eigenvalue weighted by Gasteiger charge is -2.18. The fraction of sp³-hybridized carbons (Fsp3) is 0.350. The highest BCUT2D eigenvalue weighted by Crippen LogP contribution is 2.27. The van der Waals surface area contributed by atoms with Crippen molar-refractivity contribution in [2.75, 3.05) is 13.7 Å². The molecule has 3 rings (SSSR count). The van der Waals surface area contributed by atoms with Gasteiger partial charge in [-0.2, -0.15) is 0 Å². The van der Waals surface area contributed by atoms with E-state index in [2.05, 4.69) is 0 Å². The number of carbonyl (C=O) groups excluding carboxylic acids is 1. The van der Waals surface area contributed by atoms with E-state index >= 15 is 0 Å². The number of benzene rings is 2. The predicted molar refractivity (Wildman–Crippen MR) is 112 cm³/mol. The topological polar surface area (TPSA) is 54.0 Å². The molecular weight excluding hydrogens is 462 g/mol. The van der Waals surface area contributed by atoms with Gasteiger partial charge in [-0.3, -0.25) is 4.79 Å². The molecule has 3 atom stereocenters. The molecule has 0 aliphatic carbocycles. The maximum atomic E-state index is 12.5. The summed E-state index contributed by atoms with van der Waals surface area (Å²) in [6, 6.07) is 10.2. The van der Waals surface area contributed by atoms with Crippen LogP contribution in [0.5, 0.6) is 0 Å². The lowest BCUT2D eigenvalue weighted by Crippen LogP contribution is -2.34. The number of carbonyl (C=O) groups is 1. The molecule has 9 heteroatoms. The van der Waals surface area contributed by atoms with Crippen molar-refractivity contribution in [3.8, 4) is 0 Å². The summed E-state index contributed by atoms with van der Waals surface area (Å²) in [4.78, 5) is 12.5. The Labute approximate surface area is 188 Å². The molecule has 3 unspecified atom stereocenters. The standard InChI is InChI=1S/C20H18Cl4O5/c1-26-20-18(25)19(28-9-12-3-5-14(22)7-16(12)24)17(29-20)10-27-8-11-2-4-13(21)6-15(11)23/h2-7,17,19-20H,8-10H2,1H3. The van der Waals surface area contributed by atoms with Crippen molar-refractivity contribution in [1.29, 1.82) is 0 Å². The van der Waals surface area contributed by atoms with Gasteiger partial charge in [0.1, 0.15) is 12.2 Å². The van der Waals surface area contributed by atoms with Gasteiger partial charge in [-0.15, -0.1) is 0 Å². The van der Waals surface area contributed by atoms with Gasteiger partial charge >= 0.3 is 0 Å². The first kappa shape index (κ1) is 22.8. The molecule has 1 fully saturated rings. The highest BCUT2D eigenvalue weighted by atomic mass is 35.5. The second kappa shape index (κ2) is 10.4. The molecule has 0 radical (unpaired) electrons. The third kappa shape index (κ3) is 5.84. The van der Waals surface area contributed by atoms with Crippen molar-refractivity contribution >= 4 is 52.2 Å². The van der Waals surface area contributed by atoms with Gasteiger partial charge in [0.05, 0.1) is 19.8 Å². The van der Waals surface area contributed by atoms with Crippen LogP contribution >= 0.6 is 46.4 Å². The van der Waals surface area contributed by atoms with Gasteiger partial charge in [0, 0.05) is 27.2 Å². The van der Waals surface area contributed by atoms with Gasteiger partial charge in [0.15, 0.2) is 0 Å². The summed E-state index contributed by atoms with van der Waals surface area (Å²) >= 11 is 24.1. The Morgan fingerprint density at radius 1 is 0.931 bits per heavy atom. The van der Waals surface area contributed by atoms with E-state index in [9.17, 15) is 4.79 Å². The largest absolute Gasteiger partial charge is 0.374 e. The minimum Gasteiger partial charge on any atom is -0.374 e. The predicted octanol–water partition coefficient (Wildman–Crippen LogP) is 5.34. The molecule has 0 N–H and O–H groups in total. The second-order valence-corrected chi connectivity index (χ2v) is 8.05. The van der Waals surface area contributed by atoms with Crippen molar-refractivity contribution in [3.05, 3.63) is 67.6 Å². The van der Waals surface area contributed by atoms with E-state index in [0.29, 0.717) is 25.7 Å². The van der Waals surface area contributed by atoms with E-state index in [1.807, 2.05) is 0 Å². The third-order valence-corrected chi connectivity index (χ3v) is 5.53. The van der Waals surface area contributed by atoms with Gasteiger partial charge in [-0.1, -0.05) is 58.5 Å². The van der Waals surface area contributed by atoms with Crippen LogP contribution in [0.3, 0.4) is 0 Å². The maximum absolute atomic E-state index is 12.5. The highest BCUT2D eigenvalue weighted by Gasteiger charge is 2.44. The maximum Gasteiger partial charge on any atom is 0.220 e. The molecule has 0 bridgehead atoms. The van der Waals surface area contributed by atoms with E-state index < -0.39 is 18.5 Å². The normalized spacial score (nSPS) is 21.7. The minimum atomic E-state index is -1.01. The fourth-order valence-corrected chi connectivity index (χ4v) is 3.77. The zero-order valence-electron chi connectivity index (χ0n) is 15.4. The van der Waals surface area contributed by atoms with Crippen LogP contribution in [0.25, 0.3) is 0 Å². The van der Waals surface area contributed by atoms with Crippen molar-refractivity contribution in [3.63, 3.8) is 0 Å². The van der Waals surface area contributed by atoms with Crippen LogP contribution in [-0.4, -0.2) is 38.0 Å². The van der Waals surface area contributed by atoms with Crippen molar-refractivity contribution in [2.45, 2.75) is 31.7 Å². The Kier molecular flexibility index (Phi) is 8.19. The van der Waals surface area contributed by atoms with Crippen LogP contribution < -0.4 is 0 Å². The molecule has 1 aliphatic rings. The number of ether oxygens (including phenoxy) is 4. The van der Waals surface area contributed by atoms with Crippen LogP contribution in [0.4, 0.5) is 0 Å². The molecule has 2 aromatic rings. The van der Waals surface area contributed by atoms with E-state index in [1.165, 1.54) is 7.11 Å². The van der Waals surface area contributed by atoms with Gasteiger partial charge in [-0.25, -0.2) is 0 Å². The zero-order chi connectivity index (χ0) is 21.0. The second-order valence-electron chi connectivity index (χ2n) is 6.36. The van der Waals surface area contributed by atoms with Gasteiger partial charge in [0.25, 0.3) is 0 Å². The molecule has 0 spiro atoms. The number of methoxy groups -OCH3 is 1. The Balaban J connectivity index is 1.61. The summed E-state index contributed by atoms with van der Waals surface area (Å²) in [5.74, 6) is -0.310. The van der Waals surface area contributed by atoms with E-state index in [-0.39, 0.29) is 25.6 Å². The summed E-state index contributed by atoms with van der Waals surface area (Å²) in [6.45, 7) is 0.465. The first-order valence-corrected chi connectivity index (χ1v) is 10.2. The minimum absolute atomic E-state index is 0.115. The molecule has 0 aromatic heterocycles. The van der Waals surface area contributed by atoms with Crippen LogP contribution in [0.1, 0.15) is 11.1 Å². The number of rotatable bonds is 8. The fourth-order valence-electron chi connectivity index (χ4n) is 2.84. The first-order valence-electron chi connectivity index (χ1n) is 8.68. The van der Waals surface area contributed by atoms with E-state index in [1.54, 1.807) is 36.4 Å². The summed E-state index contributed by atoms with van der Waals surface area (Å²) < 4.78 is 22.2. The SMILES string of the molecule is COC1OC(COCc2ccc(Cl)cc2Cl)C(OCc2ccc(Cl)cc2Cl)C1=O. The van der Waals surface area contributed by atoms with E-state index in [4.69, 9.17) is 65.4 Å². The molecule has 2 aromatic carbocycles. The van der Waals surface area contributed by atoms with Gasteiger partial charge < -0.3 is 18.9 Å². The average molecular weight is 480 g/mol. The lowest BCUT2D eigenvalue weighted by atomic mass is 10.1. The van der Waals surface area contributed by atoms with Crippen molar-refractivity contribution in [2.24, 2.45) is 0 Å². The third-order valence-electron chi connectivity index (χ3n) is 4.35. The van der Waals surface area contributed by atoms with Crippen molar-refractivity contribution in [1.82, 2.24) is 0 Å². The molecule has 1 saturated heterocycles. The van der Waals surface area contributed by atoms with Crippen molar-refractivity contribution < 1.29 is 23.7 Å². The quantitative estimate of drug-likeness (QED) is 0.511. The Morgan fingerprint density at radius 2 is 1.52 bits per heavy atom. The molecule has 1 heterocycles.